The molecule has 0 fully saturated rings. The van der Waals surface area contributed by atoms with Crippen molar-refractivity contribution in [2.45, 2.75) is 54.0 Å². The second-order valence-electron chi connectivity index (χ2n) is 21.8. The number of rotatable bonds is 13. The van der Waals surface area contributed by atoms with Crippen molar-refractivity contribution in [3.63, 3.8) is 0 Å². The summed E-state index contributed by atoms with van der Waals surface area (Å²) in [5.41, 5.74) is 0.501. The second-order valence-corrected chi connectivity index (χ2v) is 27.9. The SMILES string of the molecule is CC(=O)O.CCOC(C)=O.CS(=O)(=O)c1cccc(Oc2ccc(-c3cnc4c(C(F)(F)F)cccc4n3)cc2)c1.CS(=O)(=O)c1cccc(Oc2ccc(-c3cnc4c(C(F)(F)F)cccc4n3)cc2)c1.CS(=O)(=O)c1cccc(Oc2ccc(-c3cnc4c(C(F)(F)F)cccc4n3)cc2)c1. The Kier molecular flexibility index (Phi) is 24.4. The van der Waals surface area contributed by atoms with Crippen molar-refractivity contribution < 1.29 is 98.4 Å². The number of nitrogens with zero attached hydrogens (tertiary/aromatic N) is 6. The van der Waals surface area contributed by atoms with E-state index >= 15 is 0 Å². The summed E-state index contributed by atoms with van der Waals surface area (Å²) in [7, 11) is -10.1. The largest absolute Gasteiger partial charge is 0.481 e. The number of carbonyl (C=O) groups excluding carboxylic acids is 1. The zero-order valence-electron chi connectivity index (χ0n) is 54.6. The Morgan fingerprint density at radius 1 is 0.379 bits per heavy atom. The molecule has 0 bridgehead atoms. The monoisotopic (exact) mass is 1480 g/mol. The molecule has 1 N–H and O–H groups in total. The number of fused-ring (bicyclic) bond motifs is 3. The molecule has 3 heterocycles. The minimum atomic E-state index is -4.51. The van der Waals surface area contributed by atoms with E-state index in [0.717, 1.165) is 43.9 Å². The number of carboxylic acids is 1. The van der Waals surface area contributed by atoms with Gasteiger partial charge in [0.1, 0.15) is 51.0 Å². The van der Waals surface area contributed by atoms with Crippen LogP contribution in [0.3, 0.4) is 0 Å². The highest BCUT2D eigenvalue weighted by Gasteiger charge is 2.35. The molecule has 9 aromatic carbocycles. The Bertz CT molecular complexity index is 4890. The van der Waals surface area contributed by atoms with Gasteiger partial charge in [-0.1, -0.05) is 36.4 Å². The molecule has 0 amide bonds. The van der Waals surface area contributed by atoms with E-state index in [-0.39, 0.29) is 53.8 Å². The predicted octanol–water partition coefficient (Wildman–Crippen LogP) is 17.2. The number of benzene rings is 9. The number of aromatic nitrogens is 6. The van der Waals surface area contributed by atoms with Crippen molar-refractivity contribution in [1.82, 2.24) is 29.9 Å². The zero-order valence-corrected chi connectivity index (χ0v) is 57.1. The van der Waals surface area contributed by atoms with Crippen LogP contribution in [0.15, 0.2) is 233 Å². The van der Waals surface area contributed by atoms with Gasteiger partial charge in [-0.05, 0) is 171 Å². The number of hydrogen-bond donors (Lipinski definition) is 1. The third kappa shape index (κ3) is 21.8. The van der Waals surface area contributed by atoms with Crippen LogP contribution in [0.4, 0.5) is 39.5 Å². The maximum Gasteiger partial charge on any atom is 0.418 e. The molecule has 3 aromatic heterocycles. The number of ether oxygens (including phenoxy) is 4. The first-order valence-corrected chi connectivity index (χ1v) is 35.6. The molecule has 534 valence electrons. The topological polar surface area (TPSA) is 271 Å². The highest BCUT2D eigenvalue weighted by Crippen LogP contribution is 2.38. The first-order chi connectivity index (χ1) is 48.3. The summed E-state index contributed by atoms with van der Waals surface area (Å²) in [6, 6.07) is 49.7. The standard InChI is InChI=1S/3C22H15F3N2O3S.C4H8O2.C2H4O2/c3*1-31(28,29)17-5-2-4-16(12-17)30-15-10-8-14(9-11-15)20-13-26-21-18(22(23,24)25)6-3-7-19(21)27-20;1-3-6-4(2)5;1-2(3)4/h3*2-13H,1H3;3H2,1-2H3;1H3,(H,3,4). The van der Waals surface area contributed by atoms with Gasteiger partial charge in [-0.25, -0.2) is 40.2 Å². The predicted molar refractivity (Wildman–Crippen MR) is 364 cm³/mol. The number of halogens is 9. The van der Waals surface area contributed by atoms with E-state index in [0.29, 0.717) is 74.9 Å². The highest BCUT2D eigenvalue weighted by atomic mass is 32.2. The van der Waals surface area contributed by atoms with Crippen LogP contribution in [-0.2, 0) is 62.4 Å². The van der Waals surface area contributed by atoms with Crippen LogP contribution in [0.1, 0.15) is 37.5 Å². The van der Waals surface area contributed by atoms with Gasteiger partial charge in [-0.15, -0.1) is 0 Å². The quantitative estimate of drug-likeness (QED) is 0.0830. The maximum absolute atomic E-state index is 13.1. The van der Waals surface area contributed by atoms with E-state index in [1.807, 2.05) is 0 Å². The molecule has 0 saturated heterocycles. The van der Waals surface area contributed by atoms with Gasteiger partial charge in [0.05, 0.1) is 90.2 Å². The van der Waals surface area contributed by atoms with Crippen LogP contribution in [0, 0.1) is 0 Å². The van der Waals surface area contributed by atoms with Crippen LogP contribution in [-0.4, -0.2) is 97.6 Å². The summed E-state index contributed by atoms with van der Waals surface area (Å²) in [5, 5.41) is 7.42. The minimum Gasteiger partial charge on any atom is -0.481 e. The lowest BCUT2D eigenvalue weighted by atomic mass is 10.1. The van der Waals surface area contributed by atoms with Crippen LogP contribution in [0.2, 0.25) is 0 Å². The van der Waals surface area contributed by atoms with Gasteiger partial charge in [0.2, 0.25) is 0 Å². The Morgan fingerprint density at radius 3 is 0.825 bits per heavy atom. The second kappa shape index (κ2) is 32.5. The average Bonchev–Trinajstić information content (AvgIpc) is 0.795. The van der Waals surface area contributed by atoms with Crippen molar-refractivity contribution >= 4 is 74.6 Å². The number of carboxylic acid groups (broad SMARTS) is 1. The summed E-state index contributed by atoms with van der Waals surface area (Å²) in [6.07, 6.45) is -6.31. The van der Waals surface area contributed by atoms with E-state index in [1.54, 1.807) is 116 Å². The van der Waals surface area contributed by atoms with Gasteiger partial charge in [0.15, 0.2) is 29.5 Å². The molecule has 0 aliphatic heterocycles. The molecule has 0 aliphatic rings. The lowest BCUT2D eigenvalue weighted by Crippen LogP contribution is -2.07. The first kappa shape index (κ1) is 77.3. The lowest BCUT2D eigenvalue weighted by Gasteiger charge is -2.10. The number of alkyl halides is 9. The fourth-order valence-electron chi connectivity index (χ4n) is 9.23. The normalized spacial score (nSPS) is 11.6. The Balaban J connectivity index is 0.000000183. The molecule has 12 rings (SSSR count). The molecular formula is C72H57F9N6O13S3. The number of aliphatic carboxylic acids is 1. The Morgan fingerprint density at radius 2 is 0.621 bits per heavy atom. The summed E-state index contributed by atoms with van der Waals surface area (Å²) >= 11 is 0. The number of sulfone groups is 3. The van der Waals surface area contributed by atoms with Crippen molar-refractivity contribution in [1.29, 1.82) is 0 Å². The Labute approximate surface area is 583 Å². The third-order valence-corrected chi connectivity index (χ3v) is 17.2. The van der Waals surface area contributed by atoms with Gasteiger partial charge >= 0.3 is 24.5 Å². The summed E-state index contributed by atoms with van der Waals surface area (Å²) in [5.74, 6) is 1.42. The summed E-state index contributed by atoms with van der Waals surface area (Å²) in [6.45, 7) is 4.74. The highest BCUT2D eigenvalue weighted by molar-refractivity contribution is 7.91. The van der Waals surface area contributed by atoms with Gasteiger partial charge in [-0.3, -0.25) is 24.5 Å². The Hall–Kier alpha value is -11.4. The van der Waals surface area contributed by atoms with E-state index < -0.39 is 70.7 Å². The van der Waals surface area contributed by atoms with Crippen LogP contribution in [0.25, 0.3) is 66.9 Å². The molecule has 31 heteroatoms. The van der Waals surface area contributed by atoms with Crippen LogP contribution >= 0.6 is 0 Å². The number of para-hydroxylation sites is 3. The fourth-order valence-corrected chi connectivity index (χ4v) is 11.2. The van der Waals surface area contributed by atoms with Crippen molar-refractivity contribution in [3.05, 3.63) is 235 Å². The molecule has 12 aromatic rings. The van der Waals surface area contributed by atoms with E-state index in [9.17, 15) is 69.6 Å². The minimum absolute atomic E-state index is 0.144. The van der Waals surface area contributed by atoms with Gasteiger partial charge in [-0.2, -0.15) is 39.5 Å². The lowest BCUT2D eigenvalue weighted by molar-refractivity contribution is -0.140. The number of hydrogen-bond acceptors (Lipinski definition) is 18. The molecular weight excluding hydrogens is 1420 g/mol. The molecule has 0 spiro atoms. The zero-order chi connectivity index (χ0) is 75.2. The summed E-state index contributed by atoms with van der Waals surface area (Å²) in [4.78, 5) is 44.1. The van der Waals surface area contributed by atoms with Crippen LogP contribution in [0.5, 0.6) is 34.5 Å². The molecule has 19 nitrogen and oxygen atoms in total. The average molecular weight is 1480 g/mol. The van der Waals surface area contributed by atoms with Gasteiger partial charge < -0.3 is 24.1 Å². The van der Waals surface area contributed by atoms with Crippen molar-refractivity contribution in [3.8, 4) is 68.3 Å². The molecule has 0 radical (unpaired) electrons. The molecule has 0 atom stereocenters. The summed E-state index contributed by atoms with van der Waals surface area (Å²) < 4.78 is 210. The van der Waals surface area contributed by atoms with Crippen molar-refractivity contribution in [2.75, 3.05) is 25.4 Å². The number of esters is 1. The molecule has 103 heavy (non-hydrogen) atoms. The van der Waals surface area contributed by atoms with Gasteiger partial charge in [0.25, 0.3) is 5.97 Å². The smallest absolute Gasteiger partial charge is 0.418 e. The fraction of sp³-hybridized carbons (Fsp3) is 0.139. The van der Waals surface area contributed by atoms with Crippen LogP contribution < -0.4 is 14.2 Å². The molecule has 0 unspecified atom stereocenters. The molecule has 0 aliphatic carbocycles. The third-order valence-electron chi connectivity index (χ3n) is 13.8. The van der Waals surface area contributed by atoms with E-state index in [1.165, 1.54) is 98.3 Å². The number of carbonyl (C=O) groups is 2. The van der Waals surface area contributed by atoms with E-state index in [4.69, 9.17) is 24.1 Å². The van der Waals surface area contributed by atoms with Crippen molar-refractivity contribution in [2.24, 2.45) is 0 Å². The van der Waals surface area contributed by atoms with E-state index in [2.05, 4.69) is 34.6 Å². The van der Waals surface area contributed by atoms with Gasteiger partial charge in [0, 0.05) is 49.3 Å². The maximum atomic E-state index is 13.1. The first-order valence-electron chi connectivity index (χ1n) is 29.9. The molecule has 0 saturated carbocycles.